The van der Waals surface area contributed by atoms with Crippen LogP contribution in [0.1, 0.15) is 46.2 Å². The molecule has 1 aromatic rings. The van der Waals surface area contributed by atoms with Gasteiger partial charge in [-0.1, -0.05) is 13.8 Å². The lowest BCUT2D eigenvalue weighted by molar-refractivity contribution is -0.142. The van der Waals surface area contributed by atoms with Crippen molar-refractivity contribution in [2.24, 2.45) is 0 Å². The minimum Gasteiger partial charge on any atom is -0.481 e. The number of rotatable bonds is 9. The molecule has 1 N–H and O–H groups in total. The van der Waals surface area contributed by atoms with Crippen LogP contribution >= 0.6 is 11.3 Å². The average Bonchev–Trinajstić information content (AvgIpc) is 2.93. The molecule has 0 aliphatic carbocycles. The lowest BCUT2D eigenvalue weighted by atomic mass is 9.90. The Kier molecular flexibility index (Phi) is 6.61. The van der Waals surface area contributed by atoms with Crippen LogP contribution in [0.5, 0.6) is 0 Å². The molecule has 0 fully saturated rings. The predicted octanol–water partition coefficient (Wildman–Crippen LogP) is 3.15. The van der Waals surface area contributed by atoms with Gasteiger partial charge < -0.3 is 14.7 Å². The summed E-state index contributed by atoms with van der Waals surface area (Å²) >= 11 is 1.51. The molecule has 21 heavy (non-hydrogen) atoms. The first-order valence-electron chi connectivity index (χ1n) is 7.33. The third kappa shape index (κ3) is 4.17. The molecule has 1 rings (SSSR count). The maximum absolute atomic E-state index is 11.3. The number of nitrogens with zero attached hydrogens (tertiary/aromatic N) is 2. The second kappa shape index (κ2) is 7.75. The number of methoxy groups -OCH3 is 1. The highest BCUT2D eigenvalue weighted by Gasteiger charge is 2.33. The number of aromatic nitrogens is 1. The van der Waals surface area contributed by atoms with Gasteiger partial charge in [0.1, 0.15) is 5.41 Å². The molecule has 0 spiro atoms. The number of hydrogen-bond acceptors (Lipinski definition) is 5. The molecule has 1 aromatic heterocycles. The van der Waals surface area contributed by atoms with Gasteiger partial charge in [-0.3, -0.25) is 4.79 Å². The van der Waals surface area contributed by atoms with Crippen molar-refractivity contribution < 1.29 is 14.6 Å². The van der Waals surface area contributed by atoms with E-state index >= 15 is 0 Å². The molecule has 6 heteroatoms. The minimum atomic E-state index is -0.963. The first kappa shape index (κ1) is 17.9. The van der Waals surface area contributed by atoms with Crippen LogP contribution in [-0.4, -0.2) is 42.4 Å². The van der Waals surface area contributed by atoms with E-state index < -0.39 is 11.4 Å². The van der Waals surface area contributed by atoms with E-state index in [2.05, 4.69) is 23.7 Å². The van der Waals surface area contributed by atoms with Crippen molar-refractivity contribution in [1.29, 1.82) is 0 Å². The van der Waals surface area contributed by atoms with Crippen LogP contribution in [-0.2, 0) is 14.9 Å². The highest BCUT2D eigenvalue weighted by Crippen LogP contribution is 2.31. The molecule has 0 radical (unpaired) electrons. The molecule has 0 saturated heterocycles. The van der Waals surface area contributed by atoms with Gasteiger partial charge in [0.05, 0.1) is 12.3 Å². The van der Waals surface area contributed by atoms with Crippen molar-refractivity contribution in [2.45, 2.75) is 52.0 Å². The molecule has 0 aliphatic rings. The van der Waals surface area contributed by atoms with Crippen LogP contribution in [0.4, 0.5) is 5.13 Å². The minimum absolute atomic E-state index is 0.395. The summed E-state index contributed by atoms with van der Waals surface area (Å²) in [5, 5.41) is 12.0. The maximum Gasteiger partial charge on any atom is 0.315 e. The summed E-state index contributed by atoms with van der Waals surface area (Å²) < 4.78 is 5.19. The summed E-state index contributed by atoms with van der Waals surface area (Å²) in [6, 6.07) is 0.395. The van der Waals surface area contributed by atoms with Gasteiger partial charge in [0.25, 0.3) is 0 Å². The Morgan fingerprint density at radius 2 is 2.10 bits per heavy atom. The molecule has 0 aromatic carbocycles. The number of aliphatic carboxylic acids is 1. The van der Waals surface area contributed by atoms with Crippen LogP contribution < -0.4 is 4.90 Å². The smallest absolute Gasteiger partial charge is 0.315 e. The molecule has 120 valence electrons. The molecular formula is C15H26N2O3S. The van der Waals surface area contributed by atoms with Crippen molar-refractivity contribution in [3.63, 3.8) is 0 Å². The van der Waals surface area contributed by atoms with E-state index in [4.69, 9.17) is 4.74 Å². The van der Waals surface area contributed by atoms with E-state index in [1.165, 1.54) is 11.3 Å². The fraction of sp³-hybridized carbons (Fsp3) is 0.733. The number of carboxylic acid groups (broad SMARTS) is 1. The molecule has 0 aliphatic heterocycles. The number of carboxylic acids is 1. The summed E-state index contributed by atoms with van der Waals surface area (Å²) in [6.45, 7) is 9.08. The SMILES string of the molecule is CCC(CC)N(CCOC)c1nc(C(C)(C)C(=O)O)cs1. The number of anilines is 1. The third-order valence-corrected chi connectivity index (χ3v) is 4.71. The van der Waals surface area contributed by atoms with Gasteiger partial charge in [-0.2, -0.15) is 0 Å². The Hall–Kier alpha value is -1.14. The third-order valence-electron chi connectivity index (χ3n) is 3.83. The lowest BCUT2D eigenvalue weighted by Crippen LogP contribution is -2.37. The monoisotopic (exact) mass is 314 g/mol. The Morgan fingerprint density at radius 1 is 1.48 bits per heavy atom. The van der Waals surface area contributed by atoms with Crippen LogP contribution in [0, 0.1) is 0 Å². The molecule has 0 unspecified atom stereocenters. The Labute approximate surface area is 130 Å². The molecule has 0 amide bonds. The highest BCUT2D eigenvalue weighted by atomic mass is 32.1. The Bertz CT molecular complexity index is 456. The number of thiazole rings is 1. The van der Waals surface area contributed by atoms with E-state index in [0.29, 0.717) is 18.3 Å². The van der Waals surface area contributed by atoms with Crippen molar-refractivity contribution in [3.8, 4) is 0 Å². The summed E-state index contributed by atoms with van der Waals surface area (Å²) in [4.78, 5) is 18.2. The Balaban J connectivity index is 3.04. The molecule has 0 atom stereocenters. The average molecular weight is 314 g/mol. The van der Waals surface area contributed by atoms with Gasteiger partial charge >= 0.3 is 5.97 Å². The summed E-state index contributed by atoms with van der Waals surface area (Å²) in [6.07, 6.45) is 2.05. The first-order valence-corrected chi connectivity index (χ1v) is 8.21. The molecule has 0 saturated carbocycles. The normalized spacial score (nSPS) is 11.9. The van der Waals surface area contributed by atoms with E-state index in [9.17, 15) is 9.90 Å². The number of carbonyl (C=O) groups is 1. The van der Waals surface area contributed by atoms with Gasteiger partial charge in [-0.25, -0.2) is 4.98 Å². The predicted molar refractivity (Wildman–Crippen MR) is 86.4 cm³/mol. The van der Waals surface area contributed by atoms with Crippen molar-refractivity contribution in [1.82, 2.24) is 4.98 Å². The topological polar surface area (TPSA) is 62.7 Å². The van der Waals surface area contributed by atoms with E-state index in [1.807, 2.05) is 5.38 Å². The summed E-state index contributed by atoms with van der Waals surface area (Å²) in [7, 11) is 1.69. The van der Waals surface area contributed by atoms with Crippen molar-refractivity contribution >= 4 is 22.4 Å². The fourth-order valence-corrected chi connectivity index (χ4v) is 3.24. The molecule has 5 nitrogen and oxygen atoms in total. The lowest BCUT2D eigenvalue weighted by Gasteiger charge is -2.30. The highest BCUT2D eigenvalue weighted by molar-refractivity contribution is 7.13. The zero-order valence-electron chi connectivity index (χ0n) is 13.5. The quantitative estimate of drug-likeness (QED) is 0.758. The Morgan fingerprint density at radius 3 is 2.57 bits per heavy atom. The van der Waals surface area contributed by atoms with Gasteiger partial charge in [0, 0.05) is 25.1 Å². The van der Waals surface area contributed by atoms with Gasteiger partial charge in [-0.15, -0.1) is 11.3 Å². The van der Waals surface area contributed by atoms with Crippen LogP contribution in [0.3, 0.4) is 0 Å². The van der Waals surface area contributed by atoms with Crippen LogP contribution in [0.15, 0.2) is 5.38 Å². The zero-order valence-corrected chi connectivity index (χ0v) is 14.4. The van der Waals surface area contributed by atoms with Crippen molar-refractivity contribution in [3.05, 3.63) is 11.1 Å². The maximum atomic E-state index is 11.3. The first-order chi connectivity index (χ1) is 9.88. The second-order valence-corrected chi connectivity index (χ2v) is 6.44. The second-order valence-electron chi connectivity index (χ2n) is 5.60. The molecule has 0 bridgehead atoms. The summed E-state index contributed by atoms with van der Waals surface area (Å²) in [5.74, 6) is -0.856. The van der Waals surface area contributed by atoms with E-state index in [1.54, 1.807) is 21.0 Å². The van der Waals surface area contributed by atoms with Gasteiger partial charge in [0.15, 0.2) is 5.13 Å². The fourth-order valence-electron chi connectivity index (χ4n) is 2.15. The van der Waals surface area contributed by atoms with E-state index in [0.717, 1.165) is 24.5 Å². The standard InChI is InChI=1S/C15H26N2O3S/c1-6-11(7-2)17(8-9-20-5)14-16-12(10-21-14)15(3,4)13(18)19/h10-11H,6-9H2,1-5H3,(H,18,19). The largest absolute Gasteiger partial charge is 0.481 e. The number of hydrogen-bond donors (Lipinski definition) is 1. The summed E-state index contributed by atoms with van der Waals surface area (Å²) in [5.41, 5.74) is -0.348. The molecular weight excluding hydrogens is 288 g/mol. The van der Waals surface area contributed by atoms with E-state index in [-0.39, 0.29) is 0 Å². The van der Waals surface area contributed by atoms with Crippen LogP contribution in [0.2, 0.25) is 0 Å². The zero-order chi connectivity index (χ0) is 16.0. The molecule has 1 heterocycles. The van der Waals surface area contributed by atoms with Crippen LogP contribution in [0.25, 0.3) is 0 Å². The van der Waals surface area contributed by atoms with Crippen molar-refractivity contribution in [2.75, 3.05) is 25.2 Å². The van der Waals surface area contributed by atoms with Gasteiger partial charge in [-0.05, 0) is 26.7 Å². The number of ether oxygens (including phenoxy) is 1. The van der Waals surface area contributed by atoms with Gasteiger partial charge in [0.2, 0.25) is 0 Å².